The van der Waals surface area contributed by atoms with Crippen LogP contribution in [0.1, 0.15) is 5.56 Å². The van der Waals surface area contributed by atoms with Gasteiger partial charge in [-0.2, -0.15) is 4.98 Å². The SMILES string of the molecule is COc1ccc(Nc2nc(Nc3ccc(N4CCOCC4)cc3OC)ncc2C)cn1. The second-order valence-electron chi connectivity index (χ2n) is 7.05. The van der Waals surface area contributed by atoms with Crippen LogP contribution < -0.4 is 25.0 Å². The molecule has 0 amide bonds. The van der Waals surface area contributed by atoms with E-state index >= 15 is 0 Å². The number of nitrogens with zero attached hydrogens (tertiary/aromatic N) is 4. The molecule has 4 rings (SSSR count). The highest BCUT2D eigenvalue weighted by Crippen LogP contribution is 2.32. The monoisotopic (exact) mass is 422 g/mol. The molecule has 1 fully saturated rings. The van der Waals surface area contributed by atoms with Crippen LogP contribution in [0, 0.1) is 6.92 Å². The first-order valence-corrected chi connectivity index (χ1v) is 10.0. The van der Waals surface area contributed by atoms with Gasteiger partial charge in [0, 0.05) is 42.7 Å². The van der Waals surface area contributed by atoms with Gasteiger partial charge in [-0.3, -0.25) is 0 Å². The van der Waals surface area contributed by atoms with Gasteiger partial charge in [-0.05, 0) is 25.1 Å². The Morgan fingerprint density at radius 1 is 0.968 bits per heavy atom. The number of aryl methyl sites for hydroxylation is 1. The van der Waals surface area contributed by atoms with Crippen LogP contribution in [0.2, 0.25) is 0 Å². The molecule has 0 unspecified atom stereocenters. The maximum Gasteiger partial charge on any atom is 0.229 e. The van der Waals surface area contributed by atoms with Crippen LogP contribution in [0.5, 0.6) is 11.6 Å². The van der Waals surface area contributed by atoms with E-state index < -0.39 is 0 Å². The fourth-order valence-electron chi connectivity index (χ4n) is 3.26. The van der Waals surface area contributed by atoms with E-state index in [1.807, 2.05) is 25.1 Å². The Bertz CT molecular complexity index is 1020. The number of pyridine rings is 1. The highest BCUT2D eigenvalue weighted by Gasteiger charge is 2.14. The Balaban J connectivity index is 1.52. The van der Waals surface area contributed by atoms with Crippen molar-refractivity contribution in [2.45, 2.75) is 6.92 Å². The molecule has 31 heavy (non-hydrogen) atoms. The Kier molecular flexibility index (Phi) is 6.32. The number of methoxy groups -OCH3 is 2. The van der Waals surface area contributed by atoms with Crippen LogP contribution in [0.3, 0.4) is 0 Å². The molecule has 0 bridgehead atoms. The maximum absolute atomic E-state index is 5.61. The summed E-state index contributed by atoms with van der Waals surface area (Å²) in [5, 5.41) is 6.53. The van der Waals surface area contributed by atoms with Gasteiger partial charge < -0.3 is 29.7 Å². The largest absolute Gasteiger partial charge is 0.494 e. The lowest BCUT2D eigenvalue weighted by Gasteiger charge is -2.29. The zero-order valence-electron chi connectivity index (χ0n) is 17.9. The topological polar surface area (TPSA) is 93.7 Å². The summed E-state index contributed by atoms with van der Waals surface area (Å²) in [4.78, 5) is 15.5. The molecule has 1 aromatic carbocycles. The maximum atomic E-state index is 5.61. The average Bonchev–Trinajstić information content (AvgIpc) is 2.82. The second-order valence-corrected chi connectivity index (χ2v) is 7.05. The molecule has 0 aliphatic carbocycles. The summed E-state index contributed by atoms with van der Waals surface area (Å²) >= 11 is 0. The molecule has 162 valence electrons. The summed E-state index contributed by atoms with van der Waals surface area (Å²) in [5.41, 5.74) is 3.61. The summed E-state index contributed by atoms with van der Waals surface area (Å²) in [7, 11) is 3.24. The van der Waals surface area contributed by atoms with Crippen molar-refractivity contribution in [2.24, 2.45) is 0 Å². The van der Waals surface area contributed by atoms with Gasteiger partial charge in [0.2, 0.25) is 11.8 Å². The Hall–Kier alpha value is -3.59. The van der Waals surface area contributed by atoms with Crippen molar-refractivity contribution in [3.63, 3.8) is 0 Å². The number of hydrogen-bond acceptors (Lipinski definition) is 9. The fourth-order valence-corrected chi connectivity index (χ4v) is 3.26. The molecular formula is C22H26N6O3. The van der Waals surface area contributed by atoms with E-state index in [0.29, 0.717) is 17.6 Å². The molecule has 0 atom stereocenters. The highest BCUT2D eigenvalue weighted by atomic mass is 16.5. The van der Waals surface area contributed by atoms with Crippen molar-refractivity contribution in [1.29, 1.82) is 0 Å². The number of ether oxygens (including phenoxy) is 3. The lowest BCUT2D eigenvalue weighted by Crippen LogP contribution is -2.36. The molecule has 3 heterocycles. The number of nitrogens with one attached hydrogen (secondary N) is 2. The molecule has 2 aromatic heterocycles. The van der Waals surface area contributed by atoms with Gasteiger partial charge in [0.1, 0.15) is 11.6 Å². The Morgan fingerprint density at radius 2 is 1.81 bits per heavy atom. The minimum absolute atomic E-state index is 0.465. The molecule has 1 aliphatic heterocycles. The summed E-state index contributed by atoms with van der Waals surface area (Å²) < 4.78 is 16.1. The molecule has 0 saturated carbocycles. The van der Waals surface area contributed by atoms with Gasteiger partial charge in [-0.15, -0.1) is 0 Å². The molecule has 3 aromatic rings. The van der Waals surface area contributed by atoms with Crippen LogP contribution >= 0.6 is 0 Å². The highest BCUT2D eigenvalue weighted by molar-refractivity contribution is 5.69. The molecule has 1 saturated heterocycles. The molecule has 9 heteroatoms. The summed E-state index contributed by atoms with van der Waals surface area (Å²) in [5.74, 6) is 2.43. The van der Waals surface area contributed by atoms with E-state index in [4.69, 9.17) is 14.2 Å². The average molecular weight is 422 g/mol. The first kappa shape index (κ1) is 20.7. The van der Waals surface area contributed by atoms with Gasteiger partial charge in [-0.1, -0.05) is 0 Å². The van der Waals surface area contributed by atoms with Gasteiger partial charge >= 0.3 is 0 Å². The normalized spacial score (nSPS) is 13.6. The van der Waals surface area contributed by atoms with E-state index in [1.54, 1.807) is 32.7 Å². The van der Waals surface area contributed by atoms with E-state index in [1.165, 1.54) is 0 Å². The quantitative estimate of drug-likeness (QED) is 0.593. The number of aromatic nitrogens is 3. The fraction of sp³-hybridized carbons (Fsp3) is 0.318. The van der Waals surface area contributed by atoms with Crippen LogP contribution in [-0.2, 0) is 4.74 Å². The van der Waals surface area contributed by atoms with Gasteiger partial charge in [0.15, 0.2) is 0 Å². The van der Waals surface area contributed by atoms with Crippen LogP contribution in [0.25, 0.3) is 0 Å². The first-order chi connectivity index (χ1) is 15.2. The Labute approximate surface area is 181 Å². The zero-order chi connectivity index (χ0) is 21.6. The van der Waals surface area contributed by atoms with E-state index in [9.17, 15) is 0 Å². The van der Waals surface area contributed by atoms with Crippen molar-refractivity contribution in [2.75, 3.05) is 56.1 Å². The zero-order valence-corrected chi connectivity index (χ0v) is 17.9. The van der Waals surface area contributed by atoms with E-state index in [2.05, 4.69) is 36.6 Å². The first-order valence-electron chi connectivity index (χ1n) is 10.0. The van der Waals surface area contributed by atoms with E-state index in [-0.39, 0.29) is 0 Å². The summed E-state index contributed by atoms with van der Waals surface area (Å²) in [6.45, 7) is 5.15. The molecule has 0 radical (unpaired) electrons. The minimum atomic E-state index is 0.465. The van der Waals surface area contributed by atoms with Gasteiger partial charge in [0.05, 0.1) is 45.0 Å². The number of anilines is 5. The molecule has 9 nitrogen and oxygen atoms in total. The van der Waals surface area contributed by atoms with Crippen molar-refractivity contribution < 1.29 is 14.2 Å². The summed E-state index contributed by atoms with van der Waals surface area (Å²) in [6.07, 6.45) is 3.46. The predicted octanol–water partition coefficient (Wildman–Crippen LogP) is 3.52. The van der Waals surface area contributed by atoms with Crippen molar-refractivity contribution in [1.82, 2.24) is 15.0 Å². The standard InChI is InChI=1S/C22H26N6O3/c1-15-13-24-22(27-21(15)25-16-4-7-20(30-3)23-14-16)26-18-6-5-17(12-19(18)29-2)28-8-10-31-11-9-28/h4-7,12-14H,8-11H2,1-3H3,(H2,24,25,26,27). The Morgan fingerprint density at radius 3 is 2.52 bits per heavy atom. The second kappa shape index (κ2) is 9.48. The van der Waals surface area contributed by atoms with Crippen molar-refractivity contribution in [3.05, 3.63) is 48.3 Å². The van der Waals surface area contributed by atoms with Crippen LogP contribution in [0.4, 0.5) is 28.8 Å². The molecule has 2 N–H and O–H groups in total. The third-order valence-electron chi connectivity index (χ3n) is 4.99. The lowest BCUT2D eigenvalue weighted by molar-refractivity contribution is 0.122. The number of hydrogen-bond donors (Lipinski definition) is 2. The lowest BCUT2D eigenvalue weighted by atomic mass is 10.2. The summed E-state index contributed by atoms with van der Waals surface area (Å²) in [6, 6.07) is 9.73. The minimum Gasteiger partial charge on any atom is -0.494 e. The predicted molar refractivity (Wildman–Crippen MR) is 120 cm³/mol. The number of benzene rings is 1. The van der Waals surface area contributed by atoms with E-state index in [0.717, 1.165) is 54.7 Å². The number of rotatable bonds is 7. The van der Waals surface area contributed by atoms with Crippen LogP contribution in [-0.4, -0.2) is 55.5 Å². The van der Waals surface area contributed by atoms with Crippen molar-refractivity contribution >= 4 is 28.8 Å². The van der Waals surface area contributed by atoms with Gasteiger partial charge in [-0.25, -0.2) is 9.97 Å². The van der Waals surface area contributed by atoms with Crippen molar-refractivity contribution in [3.8, 4) is 11.6 Å². The number of morpholine rings is 1. The third-order valence-corrected chi connectivity index (χ3v) is 4.99. The smallest absolute Gasteiger partial charge is 0.229 e. The molecule has 1 aliphatic rings. The molecule has 0 spiro atoms. The molecular weight excluding hydrogens is 396 g/mol. The van der Waals surface area contributed by atoms with Gasteiger partial charge in [0.25, 0.3) is 0 Å². The van der Waals surface area contributed by atoms with Crippen LogP contribution in [0.15, 0.2) is 42.7 Å². The third kappa shape index (κ3) is 4.95.